The van der Waals surface area contributed by atoms with Crippen LogP contribution in [0.2, 0.25) is 0 Å². The van der Waals surface area contributed by atoms with E-state index in [9.17, 15) is 4.79 Å². The first kappa shape index (κ1) is 19.0. The number of benzene rings is 1. The van der Waals surface area contributed by atoms with Gasteiger partial charge in [-0.15, -0.1) is 15.3 Å². The maximum Gasteiger partial charge on any atom is 0.232 e. The Kier molecular flexibility index (Phi) is 4.73. The molecule has 158 valence electrons. The second-order valence-corrected chi connectivity index (χ2v) is 9.61. The first-order valence-corrected chi connectivity index (χ1v) is 11.7. The van der Waals surface area contributed by atoms with Crippen molar-refractivity contribution in [1.29, 1.82) is 0 Å². The van der Waals surface area contributed by atoms with Crippen LogP contribution in [0.1, 0.15) is 19.3 Å². The predicted octanol–water partition coefficient (Wildman–Crippen LogP) is 3.40. The molecule has 1 N–H and O–H groups in total. The van der Waals surface area contributed by atoms with Crippen molar-refractivity contribution in [3.05, 3.63) is 30.3 Å². The quantitative estimate of drug-likeness (QED) is 0.473. The summed E-state index contributed by atoms with van der Waals surface area (Å²) in [6.07, 6.45) is 2.83. The first-order valence-electron chi connectivity index (χ1n) is 10.1. The molecule has 11 heteroatoms. The molecule has 3 aromatic heterocycles. The first-order chi connectivity index (χ1) is 15.2. The molecule has 1 unspecified atom stereocenters. The van der Waals surface area contributed by atoms with Gasteiger partial charge >= 0.3 is 0 Å². The van der Waals surface area contributed by atoms with Gasteiger partial charge in [0.1, 0.15) is 6.10 Å². The molecule has 1 saturated carbocycles. The zero-order chi connectivity index (χ0) is 20.8. The minimum atomic E-state index is 0.0286. The topological polar surface area (TPSA) is 104 Å². The van der Waals surface area contributed by atoms with Gasteiger partial charge in [0.05, 0.1) is 23.4 Å². The maximum absolute atomic E-state index is 12.0. The van der Waals surface area contributed by atoms with Crippen LogP contribution in [0.25, 0.3) is 15.9 Å². The summed E-state index contributed by atoms with van der Waals surface area (Å²) >= 11 is 2.94. The van der Waals surface area contributed by atoms with Gasteiger partial charge in [-0.3, -0.25) is 4.79 Å². The highest BCUT2D eigenvalue weighted by Gasteiger charge is 2.30. The Labute approximate surface area is 185 Å². The lowest BCUT2D eigenvalue weighted by atomic mass is 10.3. The zero-order valence-corrected chi connectivity index (χ0v) is 18.0. The number of aromatic nitrogens is 5. The van der Waals surface area contributed by atoms with Gasteiger partial charge in [-0.05, 0) is 48.9 Å². The van der Waals surface area contributed by atoms with Gasteiger partial charge in [-0.1, -0.05) is 11.3 Å². The molecule has 1 aromatic carbocycles. The molecule has 1 aliphatic carbocycles. The molecule has 31 heavy (non-hydrogen) atoms. The van der Waals surface area contributed by atoms with Gasteiger partial charge in [0.25, 0.3) is 0 Å². The average molecular weight is 455 g/mol. The Bertz CT molecular complexity index is 1280. The number of nitrogens with zero attached hydrogens (tertiary/aromatic N) is 5. The Morgan fingerprint density at radius 3 is 3.00 bits per heavy atom. The van der Waals surface area contributed by atoms with E-state index in [1.807, 2.05) is 24.3 Å². The predicted molar refractivity (Wildman–Crippen MR) is 116 cm³/mol. The van der Waals surface area contributed by atoms with Crippen LogP contribution in [0.3, 0.4) is 0 Å². The van der Waals surface area contributed by atoms with E-state index in [0.717, 1.165) is 34.4 Å². The monoisotopic (exact) mass is 454 g/mol. The van der Waals surface area contributed by atoms with Gasteiger partial charge in [-0.2, -0.15) is 4.52 Å². The van der Waals surface area contributed by atoms with Gasteiger partial charge in [-0.25, -0.2) is 4.98 Å². The summed E-state index contributed by atoms with van der Waals surface area (Å²) in [5.41, 5.74) is 1.51. The van der Waals surface area contributed by atoms with Crippen LogP contribution < -0.4 is 10.1 Å². The average Bonchev–Trinajstić information content (AvgIpc) is 3.16. The Hall–Kier alpha value is -2.76. The van der Waals surface area contributed by atoms with E-state index < -0.39 is 0 Å². The van der Waals surface area contributed by atoms with E-state index in [2.05, 4.69) is 25.6 Å². The molecule has 2 fully saturated rings. The van der Waals surface area contributed by atoms with Crippen molar-refractivity contribution >= 4 is 50.0 Å². The highest BCUT2D eigenvalue weighted by atomic mass is 32.2. The summed E-state index contributed by atoms with van der Waals surface area (Å²) in [6, 6.07) is 9.62. The van der Waals surface area contributed by atoms with E-state index in [0.29, 0.717) is 35.0 Å². The normalized spacial score (nSPS) is 18.6. The number of anilines is 1. The molecular formula is C20H18N6O3S2. The Morgan fingerprint density at radius 1 is 1.23 bits per heavy atom. The van der Waals surface area contributed by atoms with Gasteiger partial charge in [0, 0.05) is 23.3 Å². The number of carbonyl (C=O) groups excluding carboxylic acids is 1. The largest absolute Gasteiger partial charge is 0.471 e. The fourth-order valence-electron chi connectivity index (χ4n) is 3.34. The molecule has 1 amide bonds. The van der Waals surface area contributed by atoms with Gasteiger partial charge < -0.3 is 14.8 Å². The maximum atomic E-state index is 12.0. The summed E-state index contributed by atoms with van der Waals surface area (Å²) in [7, 11) is 0. The SMILES string of the molecule is O=C(Nc1nc2ccc(Sc3nnc4ccc(OC5CCOC5)nn34)cc2s1)C1CC1. The molecule has 1 saturated heterocycles. The van der Waals surface area contributed by atoms with Crippen molar-refractivity contribution in [2.45, 2.75) is 35.4 Å². The van der Waals surface area contributed by atoms with E-state index in [1.165, 1.54) is 23.1 Å². The van der Waals surface area contributed by atoms with E-state index in [1.54, 1.807) is 10.6 Å². The van der Waals surface area contributed by atoms with E-state index in [-0.39, 0.29) is 17.9 Å². The molecule has 4 heterocycles. The lowest BCUT2D eigenvalue weighted by molar-refractivity contribution is -0.117. The molecule has 1 aliphatic heterocycles. The fraction of sp³-hybridized carbons (Fsp3) is 0.350. The van der Waals surface area contributed by atoms with Crippen molar-refractivity contribution in [2.24, 2.45) is 5.92 Å². The van der Waals surface area contributed by atoms with Crippen molar-refractivity contribution in [3.8, 4) is 5.88 Å². The van der Waals surface area contributed by atoms with Crippen molar-refractivity contribution in [3.63, 3.8) is 0 Å². The number of nitrogens with one attached hydrogen (secondary N) is 1. The van der Waals surface area contributed by atoms with Crippen LogP contribution in [0.5, 0.6) is 5.88 Å². The minimum absolute atomic E-state index is 0.0286. The molecular weight excluding hydrogens is 436 g/mol. The van der Waals surface area contributed by atoms with Crippen LogP contribution in [-0.4, -0.2) is 50.0 Å². The molecule has 0 bridgehead atoms. The van der Waals surface area contributed by atoms with Gasteiger partial charge in [0.15, 0.2) is 10.8 Å². The minimum Gasteiger partial charge on any atom is -0.471 e. The summed E-state index contributed by atoms with van der Waals surface area (Å²) < 4.78 is 14.0. The summed E-state index contributed by atoms with van der Waals surface area (Å²) in [5.74, 6) is 0.748. The number of hydrogen-bond acceptors (Lipinski definition) is 9. The molecule has 0 spiro atoms. The van der Waals surface area contributed by atoms with Crippen LogP contribution in [-0.2, 0) is 9.53 Å². The van der Waals surface area contributed by atoms with E-state index >= 15 is 0 Å². The number of rotatable bonds is 6. The number of carbonyl (C=O) groups is 1. The lowest BCUT2D eigenvalue weighted by Gasteiger charge is -2.10. The van der Waals surface area contributed by atoms with Crippen LogP contribution in [0.15, 0.2) is 40.4 Å². The molecule has 0 radical (unpaired) electrons. The zero-order valence-electron chi connectivity index (χ0n) is 16.4. The smallest absolute Gasteiger partial charge is 0.232 e. The van der Waals surface area contributed by atoms with Gasteiger partial charge in [0.2, 0.25) is 16.9 Å². The molecule has 1 atom stereocenters. The van der Waals surface area contributed by atoms with Crippen molar-refractivity contribution in [1.82, 2.24) is 24.8 Å². The van der Waals surface area contributed by atoms with Crippen LogP contribution in [0, 0.1) is 5.92 Å². The summed E-state index contributed by atoms with van der Waals surface area (Å²) in [4.78, 5) is 17.5. The third-order valence-corrected chi connectivity index (χ3v) is 6.99. The van der Waals surface area contributed by atoms with Crippen LogP contribution in [0.4, 0.5) is 5.13 Å². The van der Waals surface area contributed by atoms with E-state index in [4.69, 9.17) is 9.47 Å². The second kappa shape index (κ2) is 7.74. The molecule has 2 aliphatic rings. The third kappa shape index (κ3) is 3.95. The summed E-state index contributed by atoms with van der Waals surface area (Å²) in [6.45, 7) is 1.30. The highest BCUT2D eigenvalue weighted by Crippen LogP contribution is 2.35. The number of thiazole rings is 1. The Balaban J connectivity index is 1.23. The fourth-order valence-corrected chi connectivity index (χ4v) is 5.14. The number of amides is 1. The summed E-state index contributed by atoms with van der Waals surface area (Å²) in [5, 5.41) is 17.2. The number of ether oxygens (including phenoxy) is 2. The lowest BCUT2D eigenvalue weighted by Crippen LogP contribution is -2.17. The van der Waals surface area contributed by atoms with Crippen molar-refractivity contribution < 1.29 is 14.3 Å². The highest BCUT2D eigenvalue weighted by molar-refractivity contribution is 7.99. The van der Waals surface area contributed by atoms with Crippen LogP contribution >= 0.6 is 23.1 Å². The molecule has 9 nitrogen and oxygen atoms in total. The Morgan fingerprint density at radius 2 is 2.16 bits per heavy atom. The standard InChI is InChI=1S/C20H18N6O3S2/c27-18(11-1-2-11)22-19-21-14-4-3-13(9-15(14)31-19)30-20-24-23-16-5-6-17(25-26(16)20)29-12-7-8-28-10-12/h3-6,9,11-12H,1-2,7-8,10H2,(H,21,22,27). The second-order valence-electron chi connectivity index (χ2n) is 7.54. The number of fused-ring (bicyclic) bond motifs is 2. The third-order valence-electron chi connectivity index (χ3n) is 5.13. The number of hydrogen-bond donors (Lipinski definition) is 1. The van der Waals surface area contributed by atoms with Crippen molar-refractivity contribution in [2.75, 3.05) is 18.5 Å². The molecule has 4 aromatic rings. The molecule has 6 rings (SSSR count).